The molecule has 1 aliphatic carbocycles. The summed E-state index contributed by atoms with van der Waals surface area (Å²) >= 11 is 0. The van der Waals surface area contributed by atoms with Gasteiger partial charge >= 0.3 is 0 Å². The molecule has 0 bridgehead atoms. The van der Waals surface area contributed by atoms with E-state index < -0.39 is 10.0 Å². The largest absolute Gasteiger partial charge is 0.350 e. The average molecular weight is 482 g/mol. The van der Waals surface area contributed by atoms with Crippen molar-refractivity contribution < 1.29 is 18.0 Å². The molecule has 2 aromatic carbocycles. The zero-order valence-electron chi connectivity index (χ0n) is 19.5. The molecule has 8 heteroatoms. The van der Waals surface area contributed by atoms with E-state index in [0.29, 0.717) is 18.5 Å². The van der Waals surface area contributed by atoms with Crippen molar-refractivity contribution >= 4 is 27.5 Å². The van der Waals surface area contributed by atoms with Crippen molar-refractivity contribution in [2.75, 3.05) is 5.32 Å². The molecule has 2 aliphatic rings. The molecule has 180 valence electrons. The number of hydrogen-bond acceptors (Lipinski definition) is 4. The summed E-state index contributed by atoms with van der Waals surface area (Å²) in [6.45, 7) is 7.18. The molecule has 2 amide bonds. The molecule has 4 rings (SSSR count). The van der Waals surface area contributed by atoms with Gasteiger partial charge in [0.2, 0.25) is 21.8 Å². The van der Waals surface area contributed by atoms with Gasteiger partial charge in [0.05, 0.1) is 4.90 Å². The van der Waals surface area contributed by atoms with Crippen LogP contribution in [0.4, 0.5) is 5.69 Å². The summed E-state index contributed by atoms with van der Waals surface area (Å²) in [7, 11) is -3.72. The molecular weight excluding hydrogens is 450 g/mol. The number of sulfonamides is 1. The van der Waals surface area contributed by atoms with Crippen LogP contribution in [-0.2, 0) is 19.6 Å². The van der Waals surface area contributed by atoms with Crippen molar-refractivity contribution in [1.82, 2.24) is 9.62 Å². The van der Waals surface area contributed by atoms with Gasteiger partial charge < -0.3 is 10.6 Å². The van der Waals surface area contributed by atoms with Gasteiger partial charge in [0, 0.05) is 29.7 Å². The quantitative estimate of drug-likeness (QED) is 0.590. The van der Waals surface area contributed by atoms with Crippen LogP contribution in [0.25, 0.3) is 0 Å². The number of benzene rings is 2. The molecule has 2 aromatic rings. The van der Waals surface area contributed by atoms with Gasteiger partial charge in [-0.25, -0.2) is 8.42 Å². The number of rotatable bonds is 7. The molecule has 1 saturated carbocycles. The average Bonchev–Trinajstić information content (AvgIpc) is 3.60. The third kappa shape index (κ3) is 5.08. The van der Waals surface area contributed by atoms with Gasteiger partial charge in [0.15, 0.2) is 0 Å². The molecule has 4 unspecified atom stereocenters. The van der Waals surface area contributed by atoms with E-state index in [1.807, 2.05) is 44.2 Å². The first-order chi connectivity index (χ1) is 16.2. The van der Waals surface area contributed by atoms with Gasteiger partial charge in [-0.3, -0.25) is 9.59 Å². The van der Waals surface area contributed by atoms with E-state index >= 15 is 0 Å². The first-order valence-electron chi connectivity index (χ1n) is 11.6. The van der Waals surface area contributed by atoms with Crippen molar-refractivity contribution in [3.05, 3.63) is 72.8 Å². The van der Waals surface area contributed by atoms with E-state index in [1.165, 1.54) is 28.1 Å². The van der Waals surface area contributed by atoms with E-state index in [2.05, 4.69) is 17.2 Å². The monoisotopic (exact) mass is 481 g/mol. The summed E-state index contributed by atoms with van der Waals surface area (Å²) in [5, 5.41) is 5.79. The summed E-state index contributed by atoms with van der Waals surface area (Å²) in [5.74, 6) is -0.117. The third-order valence-corrected chi connectivity index (χ3v) is 8.85. The number of hydrogen-bond donors (Lipinski definition) is 2. The Labute approximate surface area is 201 Å². The molecule has 0 aromatic heterocycles. The maximum Gasteiger partial charge on any atom is 0.243 e. The van der Waals surface area contributed by atoms with E-state index in [9.17, 15) is 18.0 Å². The van der Waals surface area contributed by atoms with Crippen molar-refractivity contribution in [3.63, 3.8) is 0 Å². The highest BCUT2D eigenvalue weighted by Gasteiger charge is 2.44. The van der Waals surface area contributed by atoms with E-state index in [0.717, 1.165) is 6.42 Å². The van der Waals surface area contributed by atoms with E-state index in [-0.39, 0.29) is 46.7 Å². The number of carbonyl (C=O) groups excluding carboxylic acids is 2. The predicted molar refractivity (Wildman–Crippen MR) is 132 cm³/mol. The lowest BCUT2D eigenvalue weighted by molar-refractivity contribution is -0.118. The zero-order valence-corrected chi connectivity index (χ0v) is 20.3. The highest BCUT2D eigenvalue weighted by Crippen LogP contribution is 2.47. The fourth-order valence-electron chi connectivity index (χ4n) is 5.03. The van der Waals surface area contributed by atoms with Crippen LogP contribution in [-0.4, -0.2) is 42.7 Å². The number of carbonyl (C=O) groups is 2. The first-order valence-corrected chi connectivity index (χ1v) is 13.1. The minimum Gasteiger partial charge on any atom is -0.350 e. The predicted octanol–water partition coefficient (Wildman–Crippen LogP) is 3.66. The highest BCUT2D eigenvalue weighted by molar-refractivity contribution is 7.89. The van der Waals surface area contributed by atoms with Gasteiger partial charge in [-0.15, -0.1) is 0 Å². The topological polar surface area (TPSA) is 95.6 Å². The SMILES string of the molecule is C=CC(=O)NC1CC(C)N(S(=O)(=O)c2ccc(NC(=O)C3CC3c3ccccc3)cc2)C(C)C1. The molecular formula is C26H31N3O4S. The zero-order chi connectivity index (χ0) is 24.5. The maximum absolute atomic E-state index is 13.4. The van der Waals surface area contributed by atoms with Gasteiger partial charge in [0.25, 0.3) is 0 Å². The van der Waals surface area contributed by atoms with Crippen LogP contribution < -0.4 is 10.6 Å². The number of anilines is 1. The Morgan fingerprint density at radius 1 is 0.971 bits per heavy atom. The number of piperidine rings is 1. The lowest BCUT2D eigenvalue weighted by Crippen LogP contribution is -2.54. The minimum absolute atomic E-state index is 0.0460. The van der Waals surface area contributed by atoms with Gasteiger partial charge in [0.1, 0.15) is 0 Å². The van der Waals surface area contributed by atoms with Gasteiger partial charge in [-0.05, 0) is 74.9 Å². The van der Waals surface area contributed by atoms with Crippen LogP contribution >= 0.6 is 0 Å². The minimum atomic E-state index is -3.72. The summed E-state index contributed by atoms with van der Waals surface area (Å²) < 4.78 is 28.3. The van der Waals surface area contributed by atoms with Gasteiger partial charge in [-0.2, -0.15) is 4.31 Å². The molecule has 0 spiro atoms. The summed E-state index contributed by atoms with van der Waals surface area (Å²) in [5.41, 5.74) is 1.75. The fraction of sp³-hybridized carbons (Fsp3) is 0.385. The van der Waals surface area contributed by atoms with E-state index in [4.69, 9.17) is 0 Å². The van der Waals surface area contributed by atoms with Crippen molar-refractivity contribution in [1.29, 1.82) is 0 Å². The van der Waals surface area contributed by atoms with Crippen LogP contribution in [0.5, 0.6) is 0 Å². The van der Waals surface area contributed by atoms with Crippen LogP contribution in [0, 0.1) is 5.92 Å². The number of nitrogens with zero attached hydrogens (tertiary/aromatic N) is 1. The molecule has 7 nitrogen and oxygen atoms in total. The molecule has 1 heterocycles. The van der Waals surface area contributed by atoms with Crippen LogP contribution in [0.1, 0.15) is 44.6 Å². The molecule has 2 N–H and O–H groups in total. The standard InChI is InChI=1S/C26H31N3O4S/c1-4-25(30)27-21-14-17(2)29(18(3)15-21)34(32,33)22-12-10-20(11-13-22)28-26(31)24-16-23(24)19-8-6-5-7-9-19/h4-13,17-18,21,23-24H,1,14-16H2,2-3H3,(H,27,30)(H,28,31). The van der Waals surface area contributed by atoms with Crippen molar-refractivity contribution in [2.24, 2.45) is 5.92 Å². The summed E-state index contributed by atoms with van der Waals surface area (Å²) in [6.07, 6.45) is 3.10. The molecule has 34 heavy (non-hydrogen) atoms. The van der Waals surface area contributed by atoms with Gasteiger partial charge in [-0.1, -0.05) is 36.9 Å². The second kappa shape index (κ2) is 9.72. The smallest absolute Gasteiger partial charge is 0.243 e. The lowest BCUT2D eigenvalue weighted by atomic mass is 9.95. The fourth-order valence-corrected chi connectivity index (χ4v) is 6.88. The molecule has 0 radical (unpaired) electrons. The number of nitrogens with one attached hydrogen (secondary N) is 2. The second-order valence-corrected chi connectivity index (χ2v) is 11.1. The van der Waals surface area contributed by atoms with Crippen molar-refractivity contribution in [2.45, 2.75) is 62.0 Å². The normalized spacial score (nSPS) is 26.9. The highest BCUT2D eigenvalue weighted by atomic mass is 32.2. The molecule has 2 fully saturated rings. The Kier molecular flexibility index (Phi) is 6.91. The van der Waals surface area contributed by atoms with Crippen LogP contribution in [0.3, 0.4) is 0 Å². The summed E-state index contributed by atoms with van der Waals surface area (Å²) in [6, 6.07) is 15.7. The molecule has 1 saturated heterocycles. The number of amides is 2. The Hall–Kier alpha value is -2.97. The Morgan fingerprint density at radius 2 is 1.59 bits per heavy atom. The Balaban J connectivity index is 1.39. The van der Waals surface area contributed by atoms with Crippen molar-refractivity contribution in [3.8, 4) is 0 Å². The Bertz CT molecular complexity index is 1150. The molecule has 1 aliphatic heterocycles. The van der Waals surface area contributed by atoms with Crippen LogP contribution in [0.15, 0.2) is 72.1 Å². The Morgan fingerprint density at radius 3 is 2.18 bits per heavy atom. The first kappa shape index (κ1) is 24.2. The van der Waals surface area contributed by atoms with E-state index in [1.54, 1.807) is 12.1 Å². The summed E-state index contributed by atoms with van der Waals surface area (Å²) in [4.78, 5) is 24.5. The van der Waals surface area contributed by atoms with Crippen LogP contribution in [0.2, 0.25) is 0 Å². The lowest BCUT2D eigenvalue weighted by Gasteiger charge is -2.41. The second-order valence-electron chi connectivity index (χ2n) is 9.29. The third-order valence-electron chi connectivity index (χ3n) is 6.70. The maximum atomic E-state index is 13.4. The molecule has 4 atom stereocenters.